The molecule has 2 aliphatic heterocycles. The van der Waals surface area contributed by atoms with Gasteiger partial charge in [0.05, 0.1) is 23.7 Å². The molecule has 0 saturated carbocycles. The summed E-state index contributed by atoms with van der Waals surface area (Å²) in [7, 11) is 0. The predicted octanol–water partition coefficient (Wildman–Crippen LogP) is 4.29. The van der Waals surface area contributed by atoms with Crippen molar-refractivity contribution in [1.29, 1.82) is 0 Å². The lowest BCUT2D eigenvalue weighted by Gasteiger charge is -2.26. The van der Waals surface area contributed by atoms with E-state index in [1.807, 2.05) is 0 Å². The molecule has 0 aliphatic carbocycles. The quantitative estimate of drug-likeness (QED) is 0.814. The van der Waals surface area contributed by atoms with Crippen LogP contribution in [0.5, 0.6) is 0 Å². The Hall–Kier alpha value is -1.24. The minimum absolute atomic E-state index is 0.389. The monoisotopic (exact) mass is 347 g/mol. The molecule has 1 saturated heterocycles. The van der Waals surface area contributed by atoms with Crippen LogP contribution in [0.1, 0.15) is 24.0 Å². The number of rotatable bonds is 3. The number of hydroxylamine groups is 2. The third-order valence-corrected chi connectivity index (χ3v) is 4.26. The van der Waals surface area contributed by atoms with Crippen LogP contribution in [0.15, 0.2) is 29.3 Å². The lowest BCUT2D eigenvalue weighted by atomic mass is 10.0. The van der Waals surface area contributed by atoms with E-state index >= 15 is 0 Å². The second kappa shape index (κ2) is 6.71. The molecule has 7 heteroatoms. The van der Waals surface area contributed by atoms with Crippen LogP contribution in [0.3, 0.4) is 0 Å². The Balaban J connectivity index is 1.65. The standard InChI is InChI=1S/C16H17ClF3NO2/c17-14-9-21(8-11-2-1-7-22-10-11)23-15(14)12-3-5-13(6-4-12)16(18,19)20/h3-6,11H,1-2,7-10H2. The minimum Gasteiger partial charge on any atom is -0.404 e. The number of alkyl halides is 3. The Bertz CT molecular complexity index is 580. The van der Waals surface area contributed by atoms with Crippen LogP contribution in [-0.4, -0.2) is 31.4 Å². The van der Waals surface area contributed by atoms with Crippen LogP contribution >= 0.6 is 11.6 Å². The molecule has 126 valence electrons. The van der Waals surface area contributed by atoms with Crippen LogP contribution < -0.4 is 0 Å². The van der Waals surface area contributed by atoms with Crippen molar-refractivity contribution in [3.8, 4) is 0 Å². The van der Waals surface area contributed by atoms with Crippen molar-refractivity contribution in [2.75, 3.05) is 26.3 Å². The molecule has 0 radical (unpaired) electrons. The highest BCUT2D eigenvalue weighted by Gasteiger charge is 2.31. The maximum absolute atomic E-state index is 12.6. The summed E-state index contributed by atoms with van der Waals surface area (Å²) in [5.74, 6) is 0.817. The molecule has 1 atom stereocenters. The molecule has 1 aromatic carbocycles. The second-order valence-corrected chi connectivity index (χ2v) is 6.26. The van der Waals surface area contributed by atoms with Crippen LogP contribution in [0, 0.1) is 5.92 Å². The Morgan fingerprint density at radius 3 is 2.57 bits per heavy atom. The third kappa shape index (κ3) is 4.00. The van der Waals surface area contributed by atoms with Gasteiger partial charge in [0.1, 0.15) is 0 Å². The summed E-state index contributed by atoms with van der Waals surface area (Å²) >= 11 is 6.21. The molecule has 0 spiro atoms. The summed E-state index contributed by atoms with van der Waals surface area (Å²) in [5, 5.41) is 2.25. The van der Waals surface area contributed by atoms with Crippen molar-refractivity contribution in [1.82, 2.24) is 5.06 Å². The van der Waals surface area contributed by atoms with Crippen LogP contribution in [-0.2, 0) is 15.8 Å². The summed E-state index contributed by atoms with van der Waals surface area (Å²) in [6, 6.07) is 4.84. The predicted molar refractivity (Wildman–Crippen MR) is 80.4 cm³/mol. The molecule has 0 bridgehead atoms. The van der Waals surface area contributed by atoms with Gasteiger partial charge in [-0.2, -0.15) is 13.2 Å². The van der Waals surface area contributed by atoms with Crippen LogP contribution in [0.2, 0.25) is 0 Å². The molecule has 1 unspecified atom stereocenters. The Labute approximate surface area is 137 Å². The van der Waals surface area contributed by atoms with Gasteiger partial charge in [0.15, 0.2) is 5.76 Å². The second-order valence-electron chi connectivity index (χ2n) is 5.81. The number of ether oxygens (including phenoxy) is 1. The summed E-state index contributed by atoms with van der Waals surface area (Å²) in [4.78, 5) is 5.73. The van der Waals surface area contributed by atoms with E-state index in [-0.39, 0.29) is 0 Å². The van der Waals surface area contributed by atoms with Crippen LogP contribution in [0.25, 0.3) is 5.76 Å². The highest BCUT2D eigenvalue weighted by atomic mass is 35.5. The highest BCUT2D eigenvalue weighted by Crippen LogP contribution is 2.34. The average molecular weight is 348 g/mol. The van der Waals surface area contributed by atoms with Gasteiger partial charge < -0.3 is 9.57 Å². The Kier molecular flexibility index (Phi) is 4.85. The molecule has 1 fully saturated rings. The minimum atomic E-state index is -4.35. The van der Waals surface area contributed by atoms with Gasteiger partial charge >= 0.3 is 6.18 Å². The van der Waals surface area contributed by atoms with E-state index in [1.54, 1.807) is 5.06 Å². The lowest BCUT2D eigenvalue weighted by molar-refractivity contribution is -0.137. The fourth-order valence-corrected chi connectivity index (χ4v) is 3.08. The first-order chi connectivity index (χ1) is 10.9. The molecular weight excluding hydrogens is 331 g/mol. The number of hydrogen-bond acceptors (Lipinski definition) is 3. The maximum atomic E-state index is 12.6. The average Bonchev–Trinajstić information content (AvgIpc) is 2.88. The van der Waals surface area contributed by atoms with Gasteiger partial charge in [-0.25, -0.2) is 0 Å². The molecule has 0 amide bonds. The Morgan fingerprint density at radius 2 is 1.96 bits per heavy atom. The van der Waals surface area contributed by atoms with Crippen molar-refractivity contribution in [3.05, 3.63) is 40.4 Å². The van der Waals surface area contributed by atoms with E-state index in [0.29, 0.717) is 42.0 Å². The van der Waals surface area contributed by atoms with E-state index in [9.17, 15) is 13.2 Å². The molecule has 0 N–H and O–H groups in total. The fraction of sp³-hybridized carbons (Fsp3) is 0.500. The molecule has 23 heavy (non-hydrogen) atoms. The molecule has 2 aliphatic rings. The van der Waals surface area contributed by atoms with Crippen LogP contribution in [0.4, 0.5) is 13.2 Å². The highest BCUT2D eigenvalue weighted by molar-refractivity contribution is 6.32. The van der Waals surface area contributed by atoms with Gasteiger partial charge in [-0.05, 0) is 30.9 Å². The first-order valence-corrected chi connectivity index (χ1v) is 7.88. The zero-order valence-corrected chi connectivity index (χ0v) is 13.2. The lowest BCUT2D eigenvalue weighted by Crippen LogP contribution is -2.31. The van der Waals surface area contributed by atoms with E-state index in [0.717, 1.165) is 31.6 Å². The largest absolute Gasteiger partial charge is 0.416 e. The molecular formula is C16H17ClF3NO2. The van der Waals surface area contributed by atoms with E-state index in [1.165, 1.54) is 12.1 Å². The van der Waals surface area contributed by atoms with Crippen molar-refractivity contribution in [3.63, 3.8) is 0 Å². The summed E-state index contributed by atoms with van der Waals surface area (Å²) < 4.78 is 43.3. The maximum Gasteiger partial charge on any atom is 0.416 e. The molecule has 3 nitrogen and oxygen atoms in total. The Morgan fingerprint density at radius 1 is 1.22 bits per heavy atom. The van der Waals surface area contributed by atoms with Gasteiger partial charge in [-0.1, -0.05) is 23.7 Å². The zero-order chi connectivity index (χ0) is 16.4. The summed E-state index contributed by atoms with van der Waals surface area (Å²) in [6.07, 6.45) is -2.24. The topological polar surface area (TPSA) is 21.7 Å². The van der Waals surface area contributed by atoms with Crippen molar-refractivity contribution in [2.24, 2.45) is 5.92 Å². The van der Waals surface area contributed by atoms with Gasteiger partial charge in [0.25, 0.3) is 0 Å². The first-order valence-electron chi connectivity index (χ1n) is 7.50. The normalized spacial score (nSPS) is 23.2. The van der Waals surface area contributed by atoms with Crippen molar-refractivity contribution in [2.45, 2.75) is 19.0 Å². The van der Waals surface area contributed by atoms with E-state index in [2.05, 4.69) is 0 Å². The molecule has 2 heterocycles. The number of nitrogens with zero attached hydrogens (tertiary/aromatic N) is 1. The number of benzene rings is 1. The van der Waals surface area contributed by atoms with Crippen molar-refractivity contribution < 1.29 is 22.7 Å². The van der Waals surface area contributed by atoms with Gasteiger partial charge in [-0.3, -0.25) is 0 Å². The smallest absolute Gasteiger partial charge is 0.404 e. The van der Waals surface area contributed by atoms with Gasteiger partial charge in [-0.15, -0.1) is 5.06 Å². The molecule has 0 aromatic heterocycles. The van der Waals surface area contributed by atoms with Gasteiger partial charge in [0, 0.05) is 18.7 Å². The summed E-state index contributed by atoms with van der Waals surface area (Å²) in [6.45, 7) is 2.63. The fourth-order valence-electron chi connectivity index (χ4n) is 2.80. The zero-order valence-electron chi connectivity index (χ0n) is 12.4. The SMILES string of the molecule is FC(F)(F)c1ccc(C2=C(Cl)CN(CC3CCCOC3)O2)cc1. The summed E-state index contributed by atoms with van der Waals surface area (Å²) in [5.41, 5.74) is -0.141. The van der Waals surface area contributed by atoms with Gasteiger partial charge in [0.2, 0.25) is 0 Å². The first kappa shape index (κ1) is 16.6. The molecule has 3 rings (SSSR count). The third-order valence-electron chi connectivity index (χ3n) is 3.97. The van der Waals surface area contributed by atoms with E-state index in [4.69, 9.17) is 21.2 Å². The number of halogens is 4. The van der Waals surface area contributed by atoms with E-state index < -0.39 is 11.7 Å². The molecule has 1 aromatic rings. The number of hydrogen-bond donors (Lipinski definition) is 0. The van der Waals surface area contributed by atoms with Crippen molar-refractivity contribution >= 4 is 17.4 Å².